The number of carbonyl (C=O) groups excluding carboxylic acids is 1. The summed E-state index contributed by atoms with van der Waals surface area (Å²) >= 11 is 0. The second kappa shape index (κ2) is 6.10. The average Bonchev–Trinajstić information content (AvgIpc) is 3.09. The van der Waals surface area contributed by atoms with Crippen LogP contribution in [0, 0.1) is 17.2 Å². The predicted molar refractivity (Wildman–Crippen MR) is 76.7 cm³/mol. The van der Waals surface area contributed by atoms with Crippen LogP contribution < -0.4 is 4.90 Å². The van der Waals surface area contributed by atoms with Crippen molar-refractivity contribution in [3.63, 3.8) is 0 Å². The maximum absolute atomic E-state index is 12.3. The van der Waals surface area contributed by atoms with E-state index in [0.717, 1.165) is 38.4 Å². The number of hydrogen-bond acceptors (Lipinski definition) is 5. The highest BCUT2D eigenvalue weighted by Gasteiger charge is 2.30. The Labute approximate surface area is 123 Å². The zero-order valence-corrected chi connectivity index (χ0v) is 11.9. The minimum absolute atomic E-state index is 0.0459. The van der Waals surface area contributed by atoms with Crippen LogP contribution in [0.1, 0.15) is 12.0 Å². The molecule has 0 aromatic carbocycles. The summed E-state index contributed by atoms with van der Waals surface area (Å²) in [6.07, 6.45) is 2.43. The molecule has 1 aromatic heterocycles. The van der Waals surface area contributed by atoms with Crippen LogP contribution in [0.5, 0.6) is 0 Å². The van der Waals surface area contributed by atoms with E-state index in [1.807, 2.05) is 11.0 Å². The molecule has 1 aromatic rings. The molecule has 1 atom stereocenters. The van der Waals surface area contributed by atoms with Gasteiger partial charge in [-0.05, 0) is 18.6 Å². The van der Waals surface area contributed by atoms with E-state index in [9.17, 15) is 4.79 Å². The van der Waals surface area contributed by atoms with Crippen molar-refractivity contribution in [2.75, 3.05) is 44.3 Å². The number of aromatic nitrogens is 1. The second-order valence-electron chi connectivity index (χ2n) is 5.39. The molecule has 2 aliphatic heterocycles. The Hall–Kier alpha value is -2.13. The van der Waals surface area contributed by atoms with Gasteiger partial charge in [-0.15, -0.1) is 0 Å². The van der Waals surface area contributed by atoms with Crippen molar-refractivity contribution in [2.24, 2.45) is 5.92 Å². The molecule has 1 amide bonds. The first-order valence-corrected chi connectivity index (χ1v) is 7.25. The number of carbonyl (C=O) groups is 1. The molecule has 2 aliphatic rings. The van der Waals surface area contributed by atoms with Crippen molar-refractivity contribution in [3.8, 4) is 6.07 Å². The van der Waals surface area contributed by atoms with Crippen molar-refractivity contribution in [1.82, 2.24) is 9.88 Å². The van der Waals surface area contributed by atoms with Crippen LogP contribution in [0.25, 0.3) is 0 Å². The number of nitrogens with zero attached hydrogens (tertiary/aromatic N) is 4. The zero-order valence-electron chi connectivity index (χ0n) is 11.9. The molecule has 110 valence electrons. The van der Waals surface area contributed by atoms with Gasteiger partial charge in [0.1, 0.15) is 11.9 Å². The molecule has 0 spiro atoms. The van der Waals surface area contributed by atoms with E-state index in [0.29, 0.717) is 18.8 Å². The van der Waals surface area contributed by atoms with Crippen LogP contribution in [0.4, 0.5) is 5.82 Å². The number of piperazine rings is 1. The van der Waals surface area contributed by atoms with Gasteiger partial charge in [0, 0.05) is 39.0 Å². The molecule has 1 unspecified atom stereocenters. The quantitative estimate of drug-likeness (QED) is 0.798. The Morgan fingerprint density at radius 2 is 2.14 bits per heavy atom. The molecule has 2 fully saturated rings. The van der Waals surface area contributed by atoms with Gasteiger partial charge in [0.2, 0.25) is 5.91 Å². The Morgan fingerprint density at radius 3 is 2.71 bits per heavy atom. The van der Waals surface area contributed by atoms with Crippen LogP contribution in [0.2, 0.25) is 0 Å². The fourth-order valence-electron chi connectivity index (χ4n) is 2.78. The van der Waals surface area contributed by atoms with Crippen LogP contribution in [0.3, 0.4) is 0 Å². The normalized spacial score (nSPS) is 22.1. The van der Waals surface area contributed by atoms with Crippen molar-refractivity contribution >= 4 is 11.7 Å². The smallest absolute Gasteiger partial charge is 0.228 e. The van der Waals surface area contributed by atoms with Gasteiger partial charge in [-0.2, -0.15) is 5.26 Å². The van der Waals surface area contributed by atoms with Crippen molar-refractivity contribution in [1.29, 1.82) is 5.26 Å². The molecule has 0 bridgehead atoms. The van der Waals surface area contributed by atoms with Crippen LogP contribution in [0.15, 0.2) is 18.3 Å². The molecule has 3 rings (SSSR count). The second-order valence-corrected chi connectivity index (χ2v) is 5.39. The van der Waals surface area contributed by atoms with Gasteiger partial charge in [0.15, 0.2) is 0 Å². The number of amides is 1. The Balaban J connectivity index is 1.57. The maximum Gasteiger partial charge on any atom is 0.228 e. The predicted octanol–water partition coefficient (Wildman–Crippen LogP) is 0.638. The topological polar surface area (TPSA) is 69.5 Å². The van der Waals surface area contributed by atoms with Crippen LogP contribution in [-0.4, -0.2) is 55.2 Å². The van der Waals surface area contributed by atoms with E-state index < -0.39 is 0 Å². The summed E-state index contributed by atoms with van der Waals surface area (Å²) in [4.78, 5) is 20.7. The SMILES string of the molecule is N#Cc1ccc(N2CCN(C(=O)C3CCOC3)CC2)nc1. The monoisotopic (exact) mass is 286 g/mol. The first-order chi connectivity index (χ1) is 10.3. The summed E-state index contributed by atoms with van der Waals surface area (Å²) in [5.74, 6) is 1.13. The number of hydrogen-bond donors (Lipinski definition) is 0. The van der Waals surface area contributed by atoms with Crippen molar-refractivity contribution < 1.29 is 9.53 Å². The summed E-state index contributed by atoms with van der Waals surface area (Å²) in [5.41, 5.74) is 0.564. The number of ether oxygens (including phenoxy) is 1. The minimum atomic E-state index is 0.0459. The fourth-order valence-corrected chi connectivity index (χ4v) is 2.78. The fraction of sp³-hybridized carbons (Fsp3) is 0.533. The van der Waals surface area contributed by atoms with E-state index in [-0.39, 0.29) is 11.8 Å². The van der Waals surface area contributed by atoms with Crippen LogP contribution >= 0.6 is 0 Å². The molecule has 2 saturated heterocycles. The van der Waals surface area contributed by atoms with E-state index in [2.05, 4.69) is 16.0 Å². The summed E-state index contributed by atoms with van der Waals surface area (Å²) in [7, 11) is 0. The molecule has 0 saturated carbocycles. The molecule has 0 N–H and O–H groups in total. The van der Waals surface area contributed by atoms with Gasteiger partial charge in [-0.1, -0.05) is 0 Å². The summed E-state index contributed by atoms with van der Waals surface area (Å²) < 4.78 is 5.29. The third-order valence-electron chi connectivity index (χ3n) is 4.07. The Kier molecular flexibility index (Phi) is 4.02. The van der Waals surface area contributed by atoms with E-state index in [1.54, 1.807) is 12.3 Å². The van der Waals surface area contributed by atoms with E-state index in [1.165, 1.54) is 0 Å². The molecule has 0 radical (unpaired) electrons. The highest BCUT2D eigenvalue weighted by molar-refractivity contribution is 5.79. The van der Waals surface area contributed by atoms with Crippen molar-refractivity contribution in [3.05, 3.63) is 23.9 Å². The first kappa shape index (κ1) is 13.8. The highest BCUT2D eigenvalue weighted by Crippen LogP contribution is 2.19. The summed E-state index contributed by atoms with van der Waals surface area (Å²) in [6, 6.07) is 5.70. The molecule has 3 heterocycles. The summed E-state index contributed by atoms with van der Waals surface area (Å²) in [6.45, 7) is 4.26. The number of anilines is 1. The van der Waals surface area contributed by atoms with Gasteiger partial charge in [-0.3, -0.25) is 4.79 Å². The zero-order chi connectivity index (χ0) is 14.7. The lowest BCUT2D eigenvalue weighted by Crippen LogP contribution is -2.50. The third kappa shape index (κ3) is 2.98. The minimum Gasteiger partial charge on any atom is -0.381 e. The number of rotatable bonds is 2. The molecule has 21 heavy (non-hydrogen) atoms. The maximum atomic E-state index is 12.3. The molecular formula is C15H18N4O2. The van der Waals surface area contributed by atoms with Crippen LogP contribution in [-0.2, 0) is 9.53 Å². The van der Waals surface area contributed by atoms with Gasteiger partial charge < -0.3 is 14.5 Å². The lowest BCUT2D eigenvalue weighted by molar-refractivity contribution is -0.135. The third-order valence-corrected chi connectivity index (χ3v) is 4.07. The summed E-state index contributed by atoms with van der Waals surface area (Å²) in [5, 5.41) is 8.78. The number of pyridine rings is 1. The van der Waals surface area contributed by atoms with Crippen molar-refractivity contribution in [2.45, 2.75) is 6.42 Å². The molecule has 6 nitrogen and oxygen atoms in total. The lowest BCUT2D eigenvalue weighted by atomic mass is 10.1. The molecule has 0 aliphatic carbocycles. The van der Waals surface area contributed by atoms with Gasteiger partial charge in [0.05, 0.1) is 18.1 Å². The highest BCUT2D eigenvalue weighted by atomic mass is 16.5. The number of nitriles is 1. The Bertz CT molecular complexity index is 538. The van der Waals surface area contributed by atoms with Gasteiger partial charge >= 0.3 is 0 Å². The molecular weight excluding hydrogens is 268 g/mol. The average molecular weight is 286 g/mol. The van der Waals surface area contributed by atoms with Gasteiger partial charge in [-0.25, -0.2) is 4.98 Å². The van der Waals surface area contributed by atoms with E-state index >= 15 is 0 Å². The first-order valence-electron chi connectivity index (χ1n) is 7.25. The largest absolute Gasteiger partial charge is 0.381 e. The van der Waals surface area contributed by atoms with E-state index in [4.69, 9.17) is 10.00 Å². The van der Waals surface area contributed by atoms with Gasteiger partial charge in [0.25, 0.3) is 0 Å². The molecule has 6 heteroatoms. The lowest BCUT2D eigenvalue weighted by Gasteiger charge is -2.36. The standard InChI is InChI=1S/C15H18N4O2/c16-9-12-1-2-14(17-10-12)18-4-6-19(7-5-18)15(20)13-3-8-21-11-13/h1-2,10,13H,3-8,11H2. The Morgan fingerprint density at radius 1 is 1.33 bits per heavy atom.